The first-order chi connectivity index (χ1) is 20.0. The lowest BCUT2D eigenvalue weighted by Gasteiger charge is -2.61. The smallest absolute Gasteiger partial charge is 0.317 e. The number of hydrogen-bond donors (Lipinski definition) is 4. The standard InChI is InChI=1S/C35H50O8/c1-20(2)9-8-14-33(7)35(40)18-17-32(6)22-10-11-24-30(3,4)25(42-28-27(38)26(37)23(36)19-41-28)13-15-31(24,5)21(22)12-16-34(32,35)29(39)43-33/h8-10,12,14,23-28,36-38,40H,11,13,15-19H2,1-7H3. The summed E-state index contributed by atoms with van der Waals surface area (Å²) in [7, 11) is 0. The number of aliphatic hydroxyl groups is 4. The largest absolute Gasteiger partial charge is 0.451 e. The molecule has 2 saturated carbocycles. The summed E-state index contributed by atoms with van der Waals surface area (Å²) in [5.41, 5.74) is -0.947. The minimum atomic E-state index is -1.33. The summed E-state index contributed by atoms with van der Waals surface area (Å²) in [5.74, 6) is -0.0886. The van der Waals surface area contributed by atoms with E-state index >= 15 is 0 Å². The Labute approximate surface area is 255 Å². The molecule has 43 heavy (non-hydrogen) atoms. The molecule has 0 aromatic rings. The fourth-order valence-electron chi connectivity index (χ4n) is 10.2. The highest BCUT2D eigenvalue weighted by molar-refractivity contribution is 5.87. The maximum Gasteiger partial charge on any atom is 0.317 e. The maximum absolute atomic E-state index is 14.0. The van der Waals surface area contributed by atoms with Gasteiger partial charge in [0.2, 0.25) is 0 Å². The first kappa shape index (κ1) is 31.2. The lowest BCUT2D eigenvalue weighted by Crippen LogP contribution is -2.61. The van der Waals surface area contributed by atoms with Crippen LogP contribution in [0.4, 0.5) is 0 Å². The molecule has 0 aromatic heterocycles. The van der Waals surface area contributed by atoms with Crippen molar-refractivity contribution in [2.75, 3.05) is 6.61 Å². The number of cyclic esters (lactones) is 1. The van der Waals surface area contributed by atoms with Crippen molar-refractivity contribution in [3.8, 4) is 0 Å². The molecular formula is C35H50O8. The van der Waals surface area contributed by atoms with Crippen LogP contribution >= 0.6 is 0 Å². The second-order valence-electron chi connectivity index (χ2n) is 15.6. The number of fused-ring (bicyclic) bond motifs is 4. The van der Waals surface area contributed by atoms with E-state index in [1.54, 1.807) is 0 Å². The lowest BCUT2D eigenvalue weighted by molar-refractivity contribution is -0.301. The Bertz CT molecular complexity index is 1310. The summed E-state index contributed by atoms with van der Waals surface area (Å²) in [6.07, 6.45) is 9.27. The van der Waals surface area contributed by atoms with Gasteiger partial charge in [-0.1, -0.05) is 57.6 Å². The Kier molecular flexibility index (Phi) is 7.14. The third-order valence-electron chi connectivity index (χ3n) is 12.8. The van der Waals surface area contributed by atoms with Gasteiger partial charge in [-0.3, -0.25) is 4.79 Å². The zero-order chi connectivity index (χ0) is 31.4. The highest BCUT2D eigenvalue weighted by atomic mass is 16.7. The summed E-state index contributed by atoms with van der Waals surface area (Å²) in [5, 5.41) is 43.1. The summed E-state index contributed by atoms with van der Waals surface area (Å²) < 4.78 is 18.1. The van der Waals surface area contributed by atoms with Gasteiger partial charge in [-0.2, -0.15) is 0 Å². The first-order valence-electron chi connectivity index (χ1n) is 16.0. The summed E-state index contributed by atoms with van der Waals surface area (Å²) >= 11 is 0. The van der Waals surface area contributed by atoms with Crippen molar-refractivity contribution in [2.24, 2.45) is 27.6 Å². The molecule has 6 rings (SSSR count). The fraction of sp³-hybridized carbons (Fsp3) is 0.743. The topological polar surface area (TPSA) is 126 Å². The van der Waals surface area contributed by atoms with Crippen molar-refractivity contribution >= 4 is 5.97 Å². The molecule has 0 amide bonds. The van der Waals surface area contributed by atoms with Crippen LogP contribution in [-0.2, 0) is 19.0 Å². The Morgan fingerprint density at radius 2 is 1.72 bits per heavy atom. The van der Waals surface area contributed by atoms with E-state index in [0.29, 0.717) is 19.3 Å². The Balaban J connectivity index is 1.32. The maximum atomic E-state index is 14.0. The first-order valence-corrected chi connectivity index (χ1v) is 16.0. The van der Waals surface area contributed by atoms with Crippen molar-refractivity contribution in [1.82, 2.24) is 0 Å². The molecule has 4 fully saturated rings. The number of carbonyl (C=O) groups is 1. The molecule has 0 bridgehead atoms. The Hall–Kier alpha value is -1.81. The molecule has 0 radical (unpaired) electrons. The average molecular weight is 599 g/mol. The van der Waals surface area contributed by atoms with Gasteiger partial charge in [0.1, 0.15) is 29.3 Å². The normalized spacial score (nSPS) is 50.2. The molecule has 11 unspecified atom stereocenters. The van der Waals surface area contributed by atoms with E-state index in [1.807, 2.05) is 39.0 Å². The van der Waals surface area contributed by atoms with Crippen LogP contribution in [0.5, 0.6) is 0 Å². The van der Waals surface area contributed by atoms with Gasteiger partial charge in [0, 0.05) is 5.41 Å². The summed E-state index contributed by atoms with van der Waals surface area (Å²) in [4.78, 5) is 14.0. The molecule has 1 spiro atoms. The van der Waals surface area contributed by atoms with E-state index in [9.17, 15) is 25.2 Å². The molecule has 2 heterocycles. The average Bonchev–Trinajstić information content (AvgIpc) is 3.28. The molecule has 6 aliphatic rings. The van der Waals surface area contributed by atoms with Gasteiger partial charge < -0.3 is 34.6 Å². The van der Waals surface area contributed by atoms with Crippen LogP contribution in [-0.4, -0.2) is 74.9 Å². The number of ether oxygens (including phenoxy) is 3. The van der Waals surface area contributed by atoms with Gasteiger partial charge in [-0.25, -0.2) is 0 Å². The quantitative estimate of drug-likeness (QED) is 0.279. The van der Waals surface area contributed by atoms with Gasteiger partial charge in [-0.15, -0.1) is 0 Å². The number of rotatable bonds is 4. The van der Waals surface area contributed by atoms with E-state index < -0.39 is 46.6 Å². The molecule has 238 valence electrons. The molecule has 4 N–H and O–H groups in total. The molecule has 11 atom stereocenters. The van der Waals surface area contributed by atoms with Crippen LogP contribution in [0.3, 0.4) is 0 Å². The third-order valence-corrected chi connectivity index (χ3v) is 12.8. The van der Waals surface area contributed by atoms with Crippen LogP contribution in [0.1, 0.15) is 87.0 Å². The van der Waals surface area contributed by atoms with Crippen molar-refractivity contribution in [1.29, 1.82) is 0 Å². The summed E-state index contributed by atoms with van der Waals surface area (Å²) in [6, 6.07) is 0. The van der Waals surface area contributed by atoms with Gasteiger partial charge in [0.25, 0.3) is 0 Å². The molecule has 2 aliphatic heterocycles. The van der Waals surface area contributed by atoms with E-state index in [2.05, 4.69) is 39.8 Å². The predicted molar refractivity (Wildman–Crippen MR) is 160 cm³/mol. The van der Waals surface area contributed by atoms with Gasteiger partial charge in [0.15, 0.2) is 11.9 Å². The van der Waals surface area contributed by atoms with Gasteiger partial charge in [0.05, 0.1) is 12.7 Å². The van der Waals surface area contributed by atoms with Crippen molar-refractivity contribution in [3.05, 3.63) is 47.1 Å². The summed E-state index contributed by atoms with van der Waals surface area (Å²) in [6.45, 7) is 14.7. The van der Waals surface area contributed by atoms with Crippen molar-refractivity contribution in [2.45, 2.75) is 129 Å². The Morgan fingerprint density at radius 3 is 2.42 bits per heavy atom. The predicted octanol–water partition coefficient (Wildman–Crippen LogP) is 4.27. The molecule has 4 aliphatic carbocycles. The van der Waals surface area contributed by atoms with Crippen molar-refractivity contribution < 1.29 is 39.4 Å². The molecular weight excluding hydrogens is 548 g/mol. The third kappa shape index (κ3) is 3.93. The SMILES string of the molecule is CC(C)=CC=CC1(C)OC(=O)C23CC=C4C(=CCC5C4(C)CCC(OC4OCC(O)C(O)C4O)C5(C)C)C2(C)CCC13O. The zero-order valence-corrected chi connectivity index (χ0v) is 26.7. The van der Waals surface area contributed by atoms with E-state index in [-0.39, 0.29) is 35.4 Å². The minimum absolute atomic E-state index is 0.0882. The highest BCUT2D eigenvalue weighted by Gasteiger charge is 2.82. The van der Waals surface area contributed by atoms with E-state index in [1.165, 1.54) is 11.1 Å². The molecule has 8 nitrogen and oxygen atoms in total. The lowest BCUT2D eigenvalue weighted by atomic mass is 9.43. The van der Waals surface area contributed by atoms with Crippen molar-refractivity contribution in [3.63, 3.8) is 0 Å². The molecule has 0 aromatic carbocycles. The zero-order valence-electron chi connectivity index (χ0n) is 26.7. The van der Waals surface area contributed by atoms with Gasteiger partial charge >= 0.3 is 5.97 Å². The second kappa shape index (κ2) is 9.84. The monoisotopic (exact) mass is 598 g/mol. The van der Waals surface area contributed by atoms with Crippen LogP contribution in [0.2, 0.25) is 0 Å². The number of carbonyl (C=O) groups excluding carboxylic acids is 1. The van der Waals surface area contributed by atoms with Crippen LogP contribution < -0.4 is 0 Å². The fourth-order valence-corrected chi connectivity index (χ4v) is 10.2. The second-order valence-corrected chi connectivity index (χ2v) is 15.6. The van der Waals surface area contributed by atoms with E-state index in [0.717, 1.165) is 24.8 Å². The molecule has 8 heteroatoms. The minimum Gasteiger partial charge on any atom is -0.451 e. The number of aliphatic hydroxyl groups excluding tert-OH is 3. The number of hydrogen-bond acceptors (Lipinski definition) is 8. The van der Waals surface area contributed by atoms with Crippen LogP contribution in [0, 0.1) is 27.6 Å². The highest BCUT2D eigenvalue weighted by Crippen LogP contribution is 2.76. The molecule has 2 saturated heterocycles. The number of allylic oxidation sites excluding steroid dienone is 7. The van der Waals surface area contributed by atoms with E-state index in [4.69, 9.17) is 14.2 Å². The number of esters is 1. The van der Waals surface area contributed by atoms with Crippen LogP contribution in [0.25, 0.3) is 0 Å². The van der Waals surface area contributed by atoms with Gasteiger partial charge in [-0.05, 0) is 93.3 Å². The Morgan fingerprint density at radius 1 is 1.00 bits per heavy atom. The van der Waals surface area contributed by atoms with Crippen LogP contribution in [0.15, 0.2) is 47.1 Å².